The first-order chi connectivity index (χ1) is 22.9. The highest BCUT2D eigenvalue weighted by molar-refractivity contribution is 7.90. The highest BCUT2D eigenvalue weighted by atomic mass is 35.5. The predicted octanol–water partition coefficient (Wildman–Crippen LogP) is 5.52. The molecule has 2 N–H and O–H groups in total. The number of benzene rings is 1. The second kappa shape index (κ2) is 14.9. The third kappa shape index (κ3) is 8.91. The number of imidazole rings is 1. The molecule has 0 atom stereocenters. The number of aromatic nitrogens is 6. The van der Waals surface area contributed by atoms with Gasteiger partial charge in [-0.1, -0.05) is 61.6 Å². The number of ether oxygens (including phenoxy) is 3. The monoisotopic (exact) mass is 756 g/mol. The maximum absolute atomic E-state index is 12.6. The van der Waals surface area contributed by atoms with Crippen molar-refractivity contribution >= 4 is 62.5 Å². The van der Waals surface area contributed by atoms with Gasteiger partial charge in [0.1, 0.15) is 11.4 Å². The Bertz CT molecular complexity index is 2140. The van der Waals surface area contributed by atoms with Crippen molar-refractivity contribution in [2.75, 3.05) is 19.5 Å². The first kappa shape index (κ1) is 37.2. The molecule has 0 aliphatic heterocycles. The van der Waals surface area contributed by atoms with Crippen LogP contribution in [0.5, 0.6) is 17.5 Å². The molecule has 16 nitrogen and oxygen atoms in total. The lowest BCUT2D eigenvalue weighted by Crippen LogP contribution is -2.35. The van der Waals surface area contributed by atoms with Gasteiger partial charge in [-0.25, -0.2) is 19.3 Å². The highest BCUT2D eigenvalue weighted by Gasteiger charge is 2.27. The lowest BCUT2D eigenvalue weighted by atomic mass is 9.97. The normalized spacial score (nSPS) is 11.6. The van der Waals surface area contributed by atoms with Crippen LogP contribution in [0.2, 0.25) is 15.2 Å². The molecular weight excluding hydrogens is 727 g/mol. The summed E-state index contributed by atoms with van der Waals surface area (Å²) in [6.07, 6.45) is 1.39. The summed E-state index contributed by atoms with van der Waals surface area (Å²) >= 11 is 18.2. The Balaban J connectivity index is 0.000000226. The Morgan fingerprint density at radius 2 is 1.63 bits per heavy atom. The number of rotatable bonds is 8. The molecule has 5 rings (SSSR count). The van der Waals surface area contributed by atoms with Gasteiger partial charge in [0.05, 0.1) is 42.1 Å². The van der Waals surface area contributed by atoms with Gasteiger partial charge < -0.3 is 18.6 Å². The van der Waals surface area contributed by atoms with Crippen LogP contribution < -0.4 is 30.0 Å². The number of hydrogen-bond acceptors (Lipinski definition) is 12. The van der Waals surface area contributed by atoms with E-state index >= 15 is 0 Å². The summed E-state index contributed by atoms with van der Waals surface area (Å²) in [5.41, 5.74) is 0.288. The minimum absolute atomic E-state index is 0.0642. The Morgan fingerprint density at radius 1 is 0.980 bits per heavy atom. The number of pyridine rings is 1. The van der Waals surface area contributed by atoms with Crippen molar-refractivity contribution in [3.05, 3.63) is 74.2 Å². The van der Waals surface area contributed by atoms with E-state index in [9.17, 15) is 18.0 Å². The van der Waals surface area contributed by atoms with Crippen LogP contribution >= 0.6 is 34.8 Å². The third-order valence-electron chi connectivity index (χ3n) is 6.03. The molecule has 4 aromatic heterocycles. The lowest BCUT2D eigenvalue weighted by molar-refractivity contribution is 0.242. The third-order valence-corrected chi connectivity index (χ3v) is 8.36. The molecule has 2 amide bonds. The maximum Gasteiger partial charge on any atom is 0.442 e. The molecule has 0 saturated heterocycles. The fourth-order valence-corrected chi connectivity index (χ4v) is 5.97. The number of anilines is 1. The smallest absolute Gasteiger partial charge is 0.442 e. The fraction of sp³-hybridized carbons (Fsp3) is 0.310. The second-order valence-electron chi connectivity index (χ2n) is 11.2. The van der Waals surface area contributed by atoms with Gasteiger partial charge in [-0.05, 0) is 32.0 Å². The minimum atomic E-state index is -4.34. The topological polar surface area (TPSA) is 194 Å². The van der Waals surface area contributed by atoms with Crippen LogP contribution in [0.3, 0.4) is 0 Å². The van der Waals surface area contributed by atoms with Crippen LogP contribution in [-0.2, 0) is 15.4 Å². The van der Waals surface area contributed by atoms with E-state index in [0.29, 0.717) is 28.0 Å². The van der Waals surface area contributed by atoms with E-state index in [0.717, 1.165) is 4.68 Å². The number of hydrogen-bond donors (Lipinski definition) is 2. The van der Waals surface area contributed by atoms with E-state index in [1.165, 1.54) is 36.9 Å². The molecule has 4 heterocycles. The van der Waals surface area contributed by atoms with Crippen molar-refractivity contribution in [2.45, 2.75) is 51.2 Å². The fourth-order valence-electron chi connectivity index (χ4n) is 3.91. The Hall–Kier alpha value is -4.58. The number of carbonyl (C=O) groups excluding carboxylic acids is 1. The van der Waals surface area contributed by atoms with Crippen LogP contribution in [0.15, 0.2) is 56.8 Å². The lowest BCUT2D eigenvalue weighted by Gasteiger charge is -2.13. The number of methoxy groups -OCH3 is 2. The van der Waals surface area contributed by atoms with Gasteiger partial charge in [-0.15, -0.1) is 5.10 Å². The van der Waals surface area contributed by atoms with Gasteiger partial charge in [-0.2, -0.15) is 23.1 Å². The molecule has 0 saturated carbocycles. The summed E-state index contributed by atoms with van der Waals surface area (Å²) in [6.45, 7) is 9.47. The largest absolute Gasteiger partial charge is 0.489 e. The first-order valence-corrected chi connectivity index (χ1v) is 16.7. The van der Waals surface area contributed by atoms with Crippen molar-refractivity contribution in [1.29, 1.82) is 0 Å². The van der Waals surface area contributed by atoms with Gasteiger partial charge in [0, 0.05) is 17.7 Å². The van der Waals surface area contributed by atoms with Crippen molar-refractivity contribution < 1.29 is 31.8 Å². The number of fused-ring (bicyclic) bond motifs is 1. The van der Waals surface area contributed by atoms with Crippen LogP contribution in [-0.4, -0.2) is 63.9 Å². The van der Waals surface area contributed by atoms with Crippen molar-refractivity contribution in [2.24, 2.45) is 0 Å². The molecule has 262 valence electrons. The number of sulfonamides is 1. The average Bonchev–Trinajstić information content (AvgIpc) is 3.57. The summed E-state index contributed by atoms with van der Waals surface area (Å²) in [5, 5.41) is 6.42. The maximum atomic E-state index is 12.6. The zero-order chi connectivity index (χ0) is 36.3. The Kier molecular flexibility index (Phi) is 11.3. The Morgan fingerprint density at radius 3 is 2.20 bits per heavy atom. The number of urea groups is 1. The van der Waals surface area contributed by atoms with Gasteiger partial charge in [0.15, 0.2) is 10.2 Å². The summed E-state index contributed by atoms with van der Waals surface area (Å²) in [4.78, 5) is 35.9. The van der Waals surface area contributed by atoms with E-state index in [1.807, 2.05) is 39.3 Å². The van der Waals surface area contributed by atoms with Crippen molar-refractivity contribution in [3.8, 4) is 23.2 Å². The van der Waals surface area contributed by atoms with E-state index in [2.05, 4.69) is 25.4 Å². The number of carbonyl (C=O) groups is 1. The highest BCUT2D eigenvalue weighted by Crippen LogP contribution is 2.33. The van der Waals surface area contributed by atoms with E-state index in [4.69, 9.17) is 53.4 Å². The van der Waals surface area contributed by atoms with Crippen LogP contribution in [0.1, 0.15) is 40.5 Å². The second-order valence-corrected chi connectivity index (χ2v) is 14.0. The number of nitrogens with one attached hydrogen (secondary N) is 2. The minimum Gasteiger partial charge on any atom is -0.489 e. The van der Waals surface area contributed by atoms with Gasteiger partial charge in [0.2, 0.25) is 23.6 Å². The van der Waals surface area contributed by atoms with E-state index in [-0.39, 0.29) is 44.4 Å². The van der Waals surface area contributed by atoms with Gasteiger partial charge >= 0.3 is 11.8 Å². The van der Waals surface area contributed by atoms with Crippen molar-refractivity contribution in [3.63, 3.8) is 0 Å². The average molecular weight is 758 g/mol. The number of nitrogens with zero attached hydrogens (tertiary/aromatic N) is 6. The standard InChI is InChI=1S/C15H18Cl2N2O3.C14H13ClN6O5S/c1-8(2)21-12-7-11(9(16)6-10(12)17)19-14(20)22-13(18-19)15(3,4)5;1-25-9-7-10(26-2)18-13(17-9)19-14(22)20-27(23,24)12-11(15)16-8-5-3-4-6-21(8)12/h6-8H,1-5H3;3-7H,1-2H3,(H2,17,18,19,20,22). The SMILES string of the molecule is CC(C)Oc1cc(-n2nc(C(C)(C)C)oc2=O)c(Cl)cc1Cl.COc1cc(OC)nc(NC(=O)NS(=O)(=O)c2c(Cl)nc3ccccn23)n1. The molecule has 0 aliphatic rings. The summed E-state index contributed by atoms with van der Waals surface area (Å²) < 4.78 is 50.0. The quantitative estimate of drug-likeness (QED) is 0.202. The Labute approximate surface area is 295 Å². The summed E-state index contributed by atoms with van der Waals surface area (Å²) in [5.74, 6) is 0.167. The molecule has 1 aromatic carbocycles. The summed E-state index contributed by atoms with van der Waals surface area (Å²) in [6, 6.07) is 8.23. The van der Waals surface area contributed by atoms with Crippen LogP contribution in [0.4, 0.5) is 10.7 Å². The van der Waals surface area contributed by atoms with E-state index < -0.39 is 21.8 Å². The molecule has 0 bridgehead atoms. The number of halogens is 3. The predicted molar refractivity (Wildman–Crippen MR) is 181 cm³/mol. The zero-order valence-electron chi connectivity index (χ0n) is 27.1. The van der Waals surface area contributed by atoms with Gasteiger partial charge in [0.25, 0.3) is 10.0 Å². The first-order valence-electron chi connectivity index (χ1n) is 14.1. The molecule has 0 spiro atoms. The summed E-state index contributed by atoms with van der Waals surface area (Å²) in [7, 11) is -1.61. The van der Waals surface area contributed by atoms with Crippen LogP contribution in [0, 0.1) is 0 Å². The number of amides is 2. The molecule has 0 fully saturated rings. The van der Waals surface area contributed by atoms with Gasteiger partial charge in [-0.3, -0.25) is 9.72 Å². The van der Waals surface area contributed by atoms with E-state index in [1.54, 1.807) is 24.3 Å². The van der Waals surface area contributed by atoms with Crippen molar-refractivity contribution in [1.82, 2.24) is 33.9 Å². The molecule has 0 radical (unpaired) electrons. The van der Waals surface area contributed by atoms with Crippen LogP contribution in [0.25, 0.3) is 11.3 Å². The zero-order valence-corrected chi connectivity index (χ0v) is 30.2. The molecule has 0 aliphatic carbocycles. The molecular formula is C29H31Cl3N8O8S. The molecule has 49 heavy (non-hydrogen) atoms. The molecule has 20 heteroatoms. The molecule has 0 unspecified atom stereocenters. The molecule has 5 aromatic rings.